The number of morpholine rings is 1. The van der Waals surface area contributed by atoms with Crippen LogP contribution in [0.4, 0.5) is 5.82 Å². The monoisotopic (exact) mass is 573 g/mol. The third-order valence-corrected chi connectivity index (χ3v) is 5.10. The van der Waals surface area contributed by atoms with Crippen molar-refractivity contribution in [2.24, 2.45) is 4.99 Å². The SMILES string of the molecule is CCNC(=NCc1ccnc(N2CCOC(C)C2)c1)NCC(C)Oc1ccc(Cl)cc1.I. The molecule has 0 aliphatic carbocycles. The number of nitrogens with one attached hydrogen (secondary N) is 2. The molecule has 2 aromatic rings. The molecule has 1 fully saturated rings. The number of aliphatic imine (C=N–C) groups is 1. The fourth-order valence-corrected chi connectivity index (χ4v) is 3.42. The first-order valence-electron chi connectivity index (χ1n) is 10.8. The van der Waals surface area contributed by atoms with E-state index in [0.29, 0.717) is 18.1 Å². The van der Waals surface area contributed by atoms with E-state index in [1.54, 1.807) is 0 Å². The number of guanidine groups is 1. The van der Waals surface area contributed by atoms with Crippen LogP contribution in [0.5, 0.6) is 5.75 Å². The molecule has 0 bridgehead atoms. The van der Waals surface area contributed by atoms with Crippen molar-refractivity contribution in [2.45, 2.75) is 39.5 Å². The lowest BCUT2D eigenvalue weighted by atomic mass is 10.2. The van der Waals surface area contributed by atoms with E-state index < -0.39 is 0 Å². The van der Waals surface area contributed by atoms with Crippen molar-refractivity contribution in [1.29, 1.82) is 0 Å². The molecule has 2 heterocycles. The van der Waals surface area contributed by atoms with Crippen LogP contribution in [0.3, 0.4) is 0 Å². The van der Waals surface area contributed by atoms with E-state index in [4.69, 9.17) is 26.1 Å². The summed E-state index contributed by atoms with van der Waals surface area (Å²) in [7, 11) is 0. The number of hydrogen-bond acceptors (Lipinski definition) is 5. The molecule has 1 aliphatic heterocycles. The first kappa shape index (κ1) is 26.5. The van der Waals surface area contributed by atoms with Crippen molar-refractivity contribution in [3.05, 3.63) is 53.2 Å². The van der Waals surface area contributed by atoms with Crippen LogP contribution < -0.4 is 20.3 Å². The van der Waals surface area contributed by atoms with E-state index in [1.807, 2.05) is 43.5 Å². The Balaban J connectivity index is 0.00000363. The smallest absolute Gasteiger partial charge is 0.191 e. The molecular weight excluding hydrogens is 541 g/mol. The van der Waals surface area contributed by atoms with Gasteiger partial charge in [-0.2, -0.15) is 0 Å². The molecule has 0 saturated carbocycles. The Kier molecular flexibility index (Phi) is 11.3. The molecule has 176 valence electrons. The van der Waals surface area contributed by atoms with Crippen LogP contribution in [-0.4, -0.2) is 55.9 Å². The predicted octanol–water partition coefficient (Wildman–Crippen LogP) is 4.10. The van der Waals surface area contributed by atoms with Gasteiger partial charge < -0.3 is 25.0 Å². The lowest BCUT2D eigenvalue weighted by Crippen LogP contribution is -2.42. The molecule has 2 N–H and O–H groups in total. The van der Waals surface area contributed by atoms with Gasteiger partial charge in [0.15, 0.2) is 5.96 Å². The highest BCUT2D eigenvalue weighted by atomic mass is 127. The summed E-state index contributed by atoms with van der Waals surface area (Å²) in [5, 5.41) is 7.33. The summed E-state index contributed by atoms with van der Waals surface area (Å²) in [4.78, 5) is 11.5. The summed E-state index contributed by atoms with van der Waals surface area (Å²) in [6.45, 7) is 10.6. The molecule has 3 rings (SSSR count). The van der Waals surface area contributed by atoms with Gasteiger partial charge in [-0.1, -0.05) is 11.6 Å². The second-order valence-electron chi connectivity index (χ2n) is 7.61. The minimum absolute atomic E-state index is 0. The summed E-state index contributed by atoms with van der Waals surface area (Å²) in [6.07, 6.45) is 2.04. The zero-order valence-electron chi connectivity index (χ0n) is 18.9. The molecule has 2 atom stereocenters. The van der Waals surface area contributed by atoms with Crippen LogP contribution >= 0.6 is 35.6 Å². The second-order valence-corrected chi connectivity index (χ2v) is 8.04. The Morgan fingerprint density at radius 3 is 2.81 bits per heavy atom. The first-order chi connectivity index (χ1) is 15.0. The highest BCUT2D eigenvalue weighted by Gasteiger charge is 2.18. The number of pyridine rings is 1. The number of nitrogens with zero attached hydrogens (tertiary/aromatic N) is 3. The Labute approximate surface area is 213 Å². The number of hydrogen-bond donors (Lipinski definition) is 2. The van der Waals surface area contributed by atoms with Crippen molar-refractivity contribution < 1.29 is 9.47 Å². The molecule has 0 amide bonds. The molecule has 1 aromatic carbocycles. The maximum absolute atomic E-state index is 5.93. The van der Waals surface area contributed by atoms with Crippen molar-refractivity contribution in [2.75, 3.05) is 37.7 Å². The molecule has 0 radical (unpaired) electrons. The molecule has 7 nitrogen and oxygen atoms in total. The second kappa shape index (κ2) is 13.7. The molecule has 32 heavy (non-hydrogen) atoms. The zero-order valence-corrected chi connectivity index (χ0v) is 22.0. The normalized spacial score (nSPS) is 17.3. The predicted molar refractivity (Wildman–Crippen MR) is 142 cm³/mol. The summed E-state index contributed by atoms with van der Waals surface area (Å²) in [5.41, 5.74) is 1.12. The Bertz CT molecular complexity index is 853. The van der Waals surface area contributed by atoms with Gasteiger partial charge in [0, 0.05) is 30.9 Å². The average Bonchev–Trinajstić information content (AvgIpc) is 2.77. The van der Waals surface area contributed by atoms with Gasteiger partial charge in [-0.05, 0) is 62.7 Å². The lowest BCUT2D eigenvalue weighted by Gasteiger charge is -2.32. The third-order valence-electron chi connectivity index (χ3n) is 4.85. The van der Waals surface area contributed by atoms with E-state index in [2.05, 4.69) is 40.4 Å². The minimum Gasteiger partial charge on any atom is -0.489 e. The topological polar surface area (TPSA) is 71.0 Å². The Morgan fingerprint density at radius 1 is 1.31 bits per heavy atom. The Hall–Kier alpha value is -1.78. The van der Waals surface area contributed by atoms with Gasteiger partial charge >= 0.3 is 0 Å². The summed E-state index contributed by atoms with van der Waals surface area (Å²) < 4.78 is 11.6. The van der Waals surface area contributed by atoms with Crippen LogP contribution in [0, 0.1) is 0 Å². The number of ether oxygens (including phenoxy) is 2. The van der Waals surface area contributed by atoms with Crippen molar-refractivity contribution in [3.8, 4) is 5.75 Å². The summed E-state index contributed by atoms with van der Waals surface area (Å²) in [6, 6.07) is 11.5. The van der Waals surface area contributed by atoms with Crippen molar-refractivity contribution >= 4 is 47.4 Å². The van der Waals surface area contributed by atoms with Crippen molar-refractivity contribution in [1.82, 2.24) is 15.6 Å². The van der Waals surface area contributed by atoms with Crippen molar-refractivity contribution in [3.63, 3.8) is 0 Å². The molecule has 1 saturated heterocycles. The van der Waals surface area contributed by atoms with Crippen LogP contribution in [0.2, 0.25) is 5.02 Å². The van der Waals surface area contributed by atoms with Gasteiger partial charge in [0.1, 0.15) is 17.7 Å². The number of benzene rings is 1. The Morgan fingerprint density at radius 2 is 2.09 bits per heavy atom. The van der Waals surface area contributed by atoms with E-state index in [0.717, 1.165) is 49.3 Å². The van der Waals surface area contributed by atoms with Crippen LogP contribution in [0.15, 0.2) is 47.6 Å². The van der Waals surface area contributed by atoms with Gasteiger partial charge in [0.2, 0.25) is 0 Å². The maximum Gasteiger partial charge on any atom is 0.191 e. The molecule has 1 aromatic heterocycles. The van der Waals surface area contributed by atoms with Gasteiger partial charge in [-0.15, -0.1) is 24.0 Å². The van der Waals surface area contributed by atoms with Gasteiger partial charge in [-0.25, -0.2) is 9.98 Å². The minimum atomic E-state index is -0.0270. The summed E-state index contributed by atoms with van der Waals surface area (Å²) in [5.74, 6) is 2.53. The molecular formula is C23H33ClIN5O2. The number of halogens is 2. The summed E-state index contributed by atoms with van der Waals surface area (Å²) >= 11 is 5.93. The molecule has 1 aliphatic rings. The molecule has 0 spiro atoms. The zero-order chi connectivity index (χ0) is 22.1. The van der Waals surface area contributed by atoms with E-state index in [-0.39, 0.29) is 36.2 Å². The van der Waals surface area contributed by atoms with E-state index in [9.17, 15) is 0 Å². The quantitative estimate of drug-likeness (QED) is 0.282. The van der Waals surface area contributed by atoms with Crippen LogP contribution in [0.1, 0.15) is 26.3 Å². The van der Waals surface area contributed by atoms with Crippen LogP contribution in [0.25, 0.3) is 0 Å². The van der Waals surface area contributed by atoms with E-state index in [1.165, 1.54) is 0 Å². The third kappa shape index (κ3) is 8.63. The van der Waals surface area contributed by atoms with Gasteiger partial charge in [0.05, 0.1) is 25.8 Å². The number of rotatable bonds is 8. The first-order valence-corrected chi connectivity index (χ1v) is 11.2. The van der Waals surface area contributed by atoms with E-state index >= 15 is 0 Å². The number of anilines is 1. The average molecular weight is 574 g/mol. The highest BCUT2D eigenvalue weighted by Crippen LogP contribution is 2.18. The fraction of sp³-hybridized carbons (Fsp3) is 0.478. The highest BCUT2D eigenvalue weighted by molar-refractivity contribution is 14.0. The number of aromatic nitrogens is 1. The molecule has 9 heteroatoms. The fourth-order valence-electron chi connectivity index (χ4n) is 3.30. The van der Waals surface area contributed by atoms with Gasteiger partial charge in [0.25, 0.3) is 0 Å². The largest absolute Gasteiger partial charge is 0.489 e. The van der Waals surface area contributed by atoms with Crippen LogP contribution in [-0.2, 0) is 11.3 Å². The molecule has 2 unspecified atom stereocenters. The lowest BCUT2D eigenvalue weighted by molar-refractivity contribution is 0.0529. The maximum atomic E-state index is 5.93. The standard InChI is InChI=1S/C23H32ClN5O2.HI/c1-4-25-23(27-14-17(2)31-21-7-5-20(24)6-8-21)28-15-19-9-10-26-22(13-19)29-11-12-30-18(3)16-29;/h5-10,13,17-18H,4,11-12,14-16H2,1-3H3,(H2,25,27,28);1H. The van der Waals surface area contributed by atoms with Gasteiger partial charge in [-0.3, -0.25) is 0 Å².